The molecule has 0 heterocycles. The number of alkyl halides is 2. The van der Waals surface area contributed by atoms with Crippen LogP contribution in [0, 0.1) is 6.92 Å². The van der Waals surface area contributed by atoms with Gasteiger partial charge in [0.15, 0.2) is 5.78 Å². The smallest absolute Gasteiger partial charge is 0.263 e. The van der Waals surface area contributed by atoms with Gasteiger partial charge in [0, 0.05) is 11.1 Å². The molecule has 0 aliphatic heterocycles. The topological polar surface area (TPSA) is 17.1 Å². The van der Waals surface area contributed by atoms with Crippen LogP contribution in [-0.2, 0) is 6.42 Å². The molecule has 15 heavy (non-hydrogen) atoms. The summed E-state index contributed by atoms with van der Waals surface area (Å²) in [6, 6.07) is 2.81. The van der Waals surface area contributed by atoms with Gasteiger partial charge >= 0.3 is 0 Å². The van der Waals surface area contributed by atoms with Crippen molar-refractivity contribution in [3.05, 3.63) is 34.4 Å². The average Bonchev–Trinajstić information content (AvgIpc) is 2.15. The molecule has 0 aliphatic rings. The highest BCUT2D eigenvalue weighted by molar-refractivity contribution is 5.97. The van der Waals surface area contributed by atoms with E-state index in [1.807, 2.05) is 6.92 Å². The Labute approximate surface area is 88.1 Å². The summed E-state index contributed by atoms with van der Waals surface area (Å²) in [7, 11) is 0. The van der Waals surface area contributed by atoms with Crippen molar-refractivity contribution in [1.29, 1.82) is 0 Å². The fourth-order valence-corrected chi connectivity index (χ4v) is 1.80. The van der Waals surface area contributed by atoms with Crippen LogP contribution in [0.5, 0.6) is 0 Å². The van der Waals surface area contributed by atoms with Crippen LogP contribution in [0.15, 0.2) is 12.1 Å². The second-order valence-electron chi connectivity index (χ2n) is 3.58. The second kappa shape index (κ2) is 4.51. The van der Waals surface area contributed by atoms with Crippen LogP contribution in [-0.4, -0.2) is 5.78 Å². The number of Topliss-reactive ketones (excluding diaryl/α,β-unsaturated/α-hetero) is 1. The molecule has 0 unspecified atom stereocenters. The van der Waals surface area contributed by atoms with E-state index in [4.69, 9.17) is 0 Å². The molecule has 0 radical (unpaired) electrons. The number of carbonyl (C=O) groups is 1. The van der Waals surface area contributed by atoms with Crippen molar-refractivity contribution in [2.24, 2.45) is 0 Å². The first-order valence-corrected chi connectivity index (χ1v) is 4.89. The Morgan fingerprint density at radius 3 is 2.40 bits per heavy atom. The first-order chi connectivity index (χ1) is 6.97. The first-order valence-electron chi connectivity index (χ1n) is 4.89. The van der Waals surface area contributed by atoms with Crippen LogP contribution >= 0.6 is 0 Å². The van der Waals surface area contributed by atoms with Gasteiger partial charge in [-0.05, 0) is 43.5 Å². The van der Waals surface area contributed by atoms with Gasteiger partial charge in [-0.3, -0.25) is 4.79 Å². The zero-order chi connectivity index (χ0) is 11.6. The van der Waals surface area contributed by atoms with Gasteiger partial charge in [-0.25, -0.2) is 8.78 Å². The Balaban J connectivity index is 3.37. The standard InChI is InChI=1S/C12H14F2O/c1-4-9-6-10(12(13)14)5-7(2)11(9)8(3)15/h5-6,12H,4H2,1-3H3. The third-order valence-corrected chi connectivity index (χ3v) is 2.42. The zero-order valence-corrected chi connectivity index (χ0v) is 9.10. The molecular weight excluding hydrogens is 198 g/mol. The van der Waals surface area contributed by atoms with Crippen molar-refractivity contribution < 1.29 is 13.6 Å². The summed E-state index contributed by atoms with van der Waals surface area (Å²) in [4.78, 5) is 11.3. The summed E-state index contributed by atoms with van der Waals surface area (Å²) in [6.45, 7) is 5.02. The maximum atomic E-state index is 12.5. The van der Waals surface area contributed by atoms with Crippen molar-refractivity contribution in [3.63, 3.8) is 0 Å². The fourth-order valence-electron chi connectivity index (χ4n) is 1.80. The summed E-state index contributed by atoms with van der Waals surface area (Å²) in [5.41, 5.74) is 1.92. The number of hydrogen-bond donors (Lipinski definition) is 0. The highest BCUT2D eigenvalue weighted by Gasteiger charge is 2.15. The quantitative estimate of drug-likeness (QED) is 0.698. The molecule has 1 nitrogen and oxygen atoms in total. The minimum Gasteiger partial charge on any atom is -0.294 e. The molecule has 1 aromatic carbocycles. The molecule has 1 aromatic rings. The van der Waals surface area contributed by atoms with E-state index in [1.54, 1.807) is 6.92 Å². The summed E-state index contributed by atoms with van der Waals surface area (Å²) in [6.07, 6.45) is -1.88. The van der Waals surface area contributed by atoms with E-state index >= 15 is 0 Å². The van der Waals surface area contributed by atoms with Gasteiger partial charge in [-0.15, -0.1) is 0 Å². The fraction of sp³-hybridized carbons (Fsp3) is 0.417. The number of halogens is 2. The number of carbonyl (C=O) groups excluding carboxylic acids is 1. The first kappa shape index (κ1) is 11.8. The lowest BCUT2D eigenvalue weighted by Crippen LogP contribution is -2.04. The van der Waals surface area contributed by atoms with E-state index in [9.17, 15) is 13.6 Å². The van der Waals surface area contributed by atoms with Crippen molar-refractivity contribution in [1.82, 2.24) is 0 Å². The molecule has 0 spiro atoms. The van der Waals surface area contributed by atoms with E-state index in [2.05, 4.69) is 0 Å². The monoisotopic (exact) mass is 212 g/mol. The van der Waals surface area contributed by atoms with E-state index in [-0.39, 0.29) is 11.3 Å². The van der Waals surface area contributed by atoms with Crippen molar-refractivity contribution in [3.8, 4) is 0 Å². The predicted octanol–water partition coefficient (Wildman–Crippen LogP) is 3.70. The SMILES string of the molecule is CCc1cc(C(F)F)cc(C)c1C(C)=O. The lowest BCUT2D eigenvalue weighted by atomic mass is 9.94. The largest absolute Gasteiger partial charge is 0.294 e. The minimum atomic E-state index is -2.48. The van der Waals surface area contributed by atoms with E-state index in [0.717, 1.165) is 0 Å². The molecule has 0 saturated carbocycles. The molecule has 0 N–H and O–H groups in total. The van der Waals surface area contributed by atoms with Crippen molar-refractivity contribution >= 4 is 5.78 Å². The number of hydrogen-bond acceptors (Lipinski definition) is 1. The van der Waals surface area contributed by atoms with Crippen LogP contribution in [0.25, 0.3) is 0 Å². The van der Waals surface area contributed by atoms with Crippen LogP contribution in [0.4, 0.5) is 8.78 Å². The van der Waals surface area contributed by atoms with Gasteiger partial charge in [0.05, 0.1) is 0 Å². The van der Waals surface area contributed by atoms with Crippen LogP contribution < -0.4 is 0 Å². The van der Waals surface area contributed by atoms with E-state index in [0.29, 0.717) is 23.1 Å². The molecular formula is C12H14F2O. The molecule has 0 aliphatic carbocycles. The summed E-state index contributed by atoms with van der Waals surface area (Å²) >= 11 is 0. The minimum absolute atomic E-state index is 0.00523. The highest BCUT2D eigenvalue weighted by atomic mass is 19.3. The third kappa shape index (κ3) is 2.41. The van der Waals surface area contributed by atoms with Gasteiger partial charge < -0.3 is 0 Å². The van der Waals surface area contributed by atoms with Crippen molar-refractivity contribution in [2.45, 2.75) is 33.6 Å². The Morgan fingerprint density at radius 1 is 1.40 bits per heavy atom. The number of ketones is 1. The molecule has 1 rings (SSSR count). The lowest BCUT2D eigenvalue weighted by Gasteiger charge is -2.11. The number of rotatable bonds is 3. The highest BCUT2D eigenvalue weighted by Crippen LogP contribution is 2.25. The second-order valence-corrected chi connectivity index (χ2v) is 3.58. The Bertz CT molecular complexity index is 383. The molecule has 0 saturated heterocycles. The van der Waals surface area contributed by atoms with E-state index < -0.39 is 6.43 Å². The molecule has 82 valence electrons. The Morgan fingerprint density at radius 2 is 2.00 bits per heavy atom. The van der Waals surface area contributed by atoms with Gasteiger partial charge in [0.1, 0.15) is 0 Å². The average molecular weight is 212 g/mol. The number of aryl methyl sites for hydroxylation is 2. The zero-order valence-electron chi connectivity index (χ0n) is 9.10. The maximum Gasteiger partial charge on any atom is 0.263 e. The van der Waals surface area contributed by atoms with Crippen LogP contribution in [0.3, 0.4) is 0 Å². The molecule has 0 fully saturated rings. The molecule has 0 atom stereocenters. The van der Waals surface area contributed by atoms with Gasteiger partial charge in [0.25, 0.3) is 6.43 Å². The van der Waals surface area contributed by atoms with Gasteiger partial charge in [-0.1, -0.05) is 6.92 Å². The molecule has 0 amide bonds. The van der Waals surface area contributed by atoms with E-state index in [1.165, 1.54) is 19.1 Å². The Kier molecular flexibility index (Phi) is 3.56. The normalized spacial score (nSPS) is 10.8. The summed E-state index contributed by atoms with van der Waals surface area (Å²) < 4.78 is 25.0. The molecule has 3 heteroatoms. The summed E-state index contributed by atoms with van der Waals surface area (Å²) in [5.74, 6) is -0.0647. The maximum absolute atomic E-state index is 12.5. The van der Waals surface area contributed by atoms with Crippen molar-refractivity contribution in [2.75, 3.05) is 0 Å². The third-order valence-electron chi connectivity index (χ3n) is 2.42. The lowest BCUT2D eigenvalue weighted by molar-refractivity contribution is 0.101. The van der Waals surface area contributed by atoms with Crippen LogP contribution in [0.2, 0.25) is 0 Å². The molecule has 0 bridgehead atoms. The van der Waals surface area contributed by atoms with Crippen LogP contribution in [0.1, 0.15) is 47.3 Å². The predicted molar refractivity (Wildman–Crippen MR) is 55.5 cm³/mol. The van der Waals surface area contributed by atoms with Gasteiger partial charge in [0.2, 0.25) is 0 Å². The number of benzene rings is 1. The molecule has 0 aromatic heterocycles. The Hall–Kier alpha value is -1.25. The van der Waals surface area contributed by atoms with Gasteiger partial charge in [-0.2, -0.15) is 0 Å². The summed E-state index contributed by atoms with van der Waals surface area (Å²) in [5, 5.41) is 0.